The maximum absolute atomic E-state index is 11.1. The van der Waals surface area contributed by atoms with E-state index < -0.39 is 0 Å². The van der Waals surface area contributed by atoms with Gasteiger partial charge < -0.3 is 5.11 Å². The number of rotatable bonds is 4. The van der Waals surface area contributed by atoms with Crippen molar-refractivity contribution in [3.63, 3.8) is 0 Å². The van der Waals surface area contributed by atoms with Crippen molar-refractivity contribution in [3.8, 4) is 0 Å². The summed E-state index contributed by atoms with van der Waals surface area (Å²) in [7, 11) is 0. The number of hydrogen-bond donors (Lipinski definition) is 1. The summed E-state index contributed by atoms with van der Waals surface area (Å²) >= 11 is 0. The maximum atomic E-state index is 11.1. The number of aromatic nitrogens is 1. The Hall–Kier alpha value is -1.53. The van der Waals surface area contributed by atoms with Gasteiger partial charge in [-0.25, -0.2) is 0 Å². The van der Waals surface area contributed by atoms with Crippen molar-refractivity contribution in [2.24, 2.45) is 0 Å². The number of aryl methyl sites for hydroxylation is 1. The van der Waals surface area contributed by atoms with Crippen LogP contribution in [-0.2, 0) is 6.54 Å². The van der Waals surface area contributed by atoms with Crippen LogP contribution in [0, 0.1) is 24.0 Å². The van der Waals surface area contributed by atoms with Crippen LogP contribution < -0.4 is 0 Å². The molecule has 1 N–H and O–H groups in total. The number of pyridine rings is 1. The Balaban J connectivity index is 2.26. The molecule has 6 heteroatoms. The molecule has 104 valence electrons. The largest absolute Gasteiger partial charge is 0.395 e. The lowest BCUT2D eigenvalue weighted by Gasteiger charge is -2.22. The lowest BCUT2D eigenvalue weighted by molar-refractivity contribution is -0.386. The van der Waals surface area contributed by atoms with E-state index in [0.717, 1.165) is 25.1 Å². The van der Waals surface area contributed by atoms with Gasteiger partial charge in [0.25, 0.3) is 5.69 Å². The molecule has 0 aliphatic carbocycles. The molecular weight excluding hydrogens is 246 g/mol. The highest BCUT2D eigenvalue weighted by atomic mass is 16.6. The summed E-state index contributed by atoms with van der Waals surface area (Å²) in [6, 6.07) is 0.154. The second-order valence-electron chi connectivity index (χ2n) is 5.07. The average Bonchev–Trinajstić information content (AvgIpc) is 2.79. The number of aliphatic hydroxyl groups is 1. The molecule has 1 aromatic heterocycles. The summed E-state index contributed by atoms with van der Waals surface area (Å²) in [6.07, 6.45) is 3.59. The molecule has 19 heavy (non-hydrogen) atoms. The summed E-state index contributed by atoms with van der Waals surface area (Å²) in [6.45, 7) is 5.06. The van der Waals surface area contributed by atoms with Crippen LogP contribution in [0.2, 0.25) is 0 Å². The third-order valence-electron chi connectivity index (χ3n) is 3.82. The molecule has 0 unspecified atom stereocenters. The van der Waals surface area contributed by atoms with Crippen LogP contribution in [0.15, 0.2) is 6.20 Å². The third kappa shape index (κ3) is 2.74. The number of nitro groups is 1. The average molecular weight is 265 g/mol. The third-order valence-corrected chi connectivity index (χ3v) is 3.82. The zero-order valence-corrected chi connectivity index (χ0v) is 11.3. The minimum Gasteiger partial charge on any atom is -0.395 e. The SMILES string of the molecule is Cc1cnc(CN2CCC[C@H]2CO)c(C)c1[N+](=O)[O-]. The molecular formula is C13H19N3O3. The molecule has 0 radical (unpaired) electrons. The van der Waals surface area contributed by atoms with Gasteiger partial charge in [0.15, 0.2) is 0 Å². The Morgan fingerprint density at radius 2 is 2.32 bits per heavy atom. The molecule has 0 bridgehead atoms. The quantitative estimate of drug-likeness (QED) is 0.660. The fourth-order valence-electron chi connectivity index (χ4n) is 2.71. The van der Waals surface area contributed by atoms with Crippen molar-refractivity contribution >= 4 is 5.69 Å². The van der Waals surface area contributed by atoms with E-state index in [1.807, 2.05) is 0 Å². The highest BCUT2D eigenvalue weighted by Crippen LogP contribution is 2.26. The van der Waals surface area contributed by atoms with E-state index in [1.54, 1.807) is 20.0 Å². The van der Waals surface area contributed by atoms with Crippen LogP contribution in [0.4, 0.5) is 5.69 Å². The van der Waals surface area contributed by atoms with Crippen molar-refractivity contribution in [1.29, 1.82) is 0 Å². The summed E-state index contributed by atoms with van der Waals surface area (Å²) in [5.41, 5.74) is 2.11. The van der Waals surface area contributed by atoms with Crippen LogP contribution in [0.25, 0.3) is 0 Å². The number of aliphatic hydroxyl groups excluding tert-OH is 1. The molecule has 0 spiro atoms. The lowest BCUT2D eigenvalue weighted by Crippen LogP contribution is -2.32. The monoisotopic (exact) mass is 265 g/mol. The number of hydrogen-bond acceptors (Lipinski definition) is 5. The van der Waals surface area contributed by atoms with E-state index in [4.69, 9.17) is 0 Å². The molecule has 2 rings (SSSR count). The van der Waals surface area contributed by atoms with Crippen LogP contribution in [0.3, 0.4) is 0 Å². The Kier molecular flexibility index (Phi) is 4.11. The Morgan fingerprint density at radius 1 is 1.58 bits per heavy atom. The van der Waals surface area contributed by atoms with Crippen molar-refractivity contribution < 1.29 is 10.0 Å². The predicted octanol–water partition coefficient (Wildman–Crippen LogP) is 1.56. The number of nitrogens with zero attached hydrogens (tertiary/aromatic N) is 3. The van der Waals surface area contributed by atoms with Gasteiger partial charge in [0, 0.05) is 29.9 Å². The lowest BCUT2D eigenvalue weighted by atomic mass is 10.1. The van der Waals surface area contributed by atoms with Crippen LogP contribution in [0.5, 0.6) is 0 Å². The maximum Gasteiger partial charge on any atom is 0.278 e. The van der Waals surface area contributed by atoms with Gasteiger partial charge in [-0.05, 0) is 33.2 Å². The van der Waals surface area contributed by atoms with Crippen molar-refractivity contribution in [3.05, 3.63) is 33.1 Å². The Labute approximate surface area is 112 Å². The fourth-order valence-corrected chi connectivity index (χ4v) is 2.71. The van der Waals surface area contributed by atoms with Crippen LogP contribution >= 0.6 is 0 Å². The first-order valence-corrected chi connectivity index (χ1v) is 6.49. The van der Waals surface area contributed by atoms with Gasteiger partial charge in [-0.15, -0.1) is 0 Å². The number of likely N-dealkylation sites (tertiary alicyclic amines) is 1. The first kappa shape index (κ1) is 13.9. The highest BCUT2D eigenvalue weighted by molar-refractivity contribution is 5.47. The topological polar surface area (TPSA) is 79.5 Å². The predicted molar refractivity (Wildman–Crippen MR) is 70.9 cm³/mol. The zero-order chi connectivity index (χ0) is 14.0. The van der Waals surface area contributed by atoms with Gasteiger partial charge in [-0.2, -0.15) is 0 Å². The minimum absolute atomic E-state index is 0.132. The molecule has 1 aromatic rings. The van der Waals surface area contributed by atoms with E-state index in [2.05, 4.69) is 9.88 Å². The minimum atomic E-state index is -0.344. The molecule has 1 aliphatic rings. The molecule has 0 amide bonds. The smallest absolute Gasteiger partial charge is 0.278 e. The summed E-state index contributed by atoms with van der Waals surface area (Å²) in [4.78, 5) is 17.2. The van der Waals surface area contributed by atoms with E-state index in [0.29, 0.717) is 17.7 Å². The highest BCUT2D eigenvalue weighted by Gasteiger charge is 2.26. The van der Waals surface area contributed by atoms with Gasteiger partial charge in [-0.1, -0.05) is 0 Å². The van der Waals surface area contributed by atoms with Gasteiger partial charge in [0.05, 0.1) is 17.2 Å². The van der Waals surface area contributed by atoms with Gasteiger partial charge in [0.2, 0.25) is 0 Å². The molecule has 0 saturated carbocycles. The molecule has 2 heterocycles. The first-order valence-electron chi connectivity index (χ1n) is 6.49. The first-order chi connectivity index (χ1) is 9.04. The second-order valence-corrected chi connectivity index (χ2v) is 5.07. The zero-order valence-electron chi connectivity index (χ0n) is 11.3. The standard InChI is InChI=1S/C13H19N3O3/c1-9-6-14-12(10(2)13(9)16(18)19)7-15-5-3-4-11(15)8-17/h6,11,17H,3-5,7-8H2,1-2H3/t11-/m0/s1. The molecule has 1 aliphatic heterocycles. The van der Waals surface area contributed by atoms with E-state index >= 15 is 0 Å². The van der Waals surface area contributed by atoms with Crippen molar-refractivity contribution in [2.45, 2.75) is 39.3 Å². The molecule has 0 aromatic carbocycles. The van der Waals surface area contributed by atoms with Gasteiger partial charge in [-0.3, -0.25) is 20.0 Å². The van der Waals surface area contributed by atoms with Crippen molar-refractivity contribution in [1.82, 2.24) is 9.88 Å². The molecule has 1 saturated heterocycles. The summed E-state index contributed by atoms with van der Waals surface area (Å²) in [5.74, 6) is 0. The van der Waals surface area contributed by atoms with E-state index in [1.165, 1.54) is 0 Å². The Bertz CT molecular complexity index is 490. The van der Waals surface area contributed by atoms with Crippen LogP contribution in [-0.4, -0.2) is 39.1 Å². The second kappa shape index (κ2) is 5.63. The molecule has 6 nitrogen and oxygen atoms in total. The molecule has 1 atom stereocenters. The van der Waals surface area contributed by atoms with Gasteiger partial charge >= 0.3 is 0 Å². The van der Waals surface area contributed by atoms with E-state index in [-0.39, 0.29) is 23.3 Å². The van der Waals surface area contributed by atoms with E-state index in [9.17, 15) is 15.2 Å². The molecule has 1 fully saturated rings. The Morgan fingerprint density at radius 3 is 2.95 bits per heavy atom. The van der Waals surface area contributed by atoms with Gasteiger partial charge in [0.1, 0.15) is 0 Å². The summed E-state index contributed by atoms with van der Waals surface area (Å²) in [5, 5.41) is 20.4. The normalized spacial score (nSPS) is 19.8. The van der Waals surface area contributed by atoms with Crippen LogP contribution in [0.1, 0.15) is 29.7 Å². The summed E-state index contributed by atoms with van der Waals surface area (Å²) < 4.78 is 0. The fraction of sp³-hybridized carbons (Fsp3) is 0.615. The van der Waals surface area contributed by atoms with Crippen molar-refractivity contribution in [2.75, 3.05) is 13.2 Å².